The normalized spacial score (nSPS) is 11.2. The Morgan fingerprint density at radius 1 is 1.28 bits per heavy atom. The van der Waals surface area contributed by atoms with Gasteiger partial charge in [-0.3, -0.25) is 14.3 Å². The number of aromatic amines is 1. The Morgan fingerprint density at radius 2 is 2.04 bits per heavy atom. The quantitative estimate of drug-likeness (QED) is 0.771. The number of H-pyrrole nitrogens is 1. The molecule has 0 amide bonds. The minimum Gasteiger partial charge on any atom is -0.496 e. The summed E-state index contributed by atoms with van der Waals surface area (Å²) in [4.78, 5) is 31.5. The minimum atomic E-state index is -0.417. The summed E-state index contributed by atoms with van der Waals surface area (Å²) in [7, 11) is 3.41. The number of benzene rings is 1. The van der Waals surface area contributed by atoms with E-state index in [4.69, 9.17) is 4.74 Å². The highest BCUT2D eigenvalue weighted by Crippen LogP contribution is 2.26. The second kappa shape index (κ2) is 6.58. The first-order chi connectivity index (χ1) is 12.0. The van der Waals surface area contributed by atoms with Gasteiger partial charge < -0.3 is 9.30 Å². The van der Waals surface area contributed by atoms with Crippen LogP contribution in [0.25, 0.3) is 22.6 Å². The van der Waals surface area contributed by atoms with E-state index in [0.717, 1.165) is 29.7 Å². The molecule has 0 spiro atoms. The Morgan fingerprint density at radius 3 is 2.68 bits per heavy atom. The van der Waals surface area contributed by atoms with E-state index in [0.29, 0.717) is 23.5 Å². The first-order valence-electron chi connectivity index (χ1n) is 8.32. The number of fused-ring (bicyclic) bond motifs is 1. The molecular formula is C18H22N4O3. The highest BCUT2D eigenvalue weighted by molar-refractivity contribution is 5.77. The first-order valence-corrected chi connectivity index (χ1v) is 8.32. The SMILES string of the molecule is CCCCn1c(=O)[nH]c(=O)c2c1nc(-c1ccc(OC)c(C)c1)n2C. The molecule has 0 saturated carbocycles. The number of hydrogen-bond donors (Lipinski definition) is 1. The van der Waals surface area contributed by atoms with Crippen molar-refractivity contribution in [2.24, 2.45) is 7.05 Å². The number of rotatable bonds is 5. The summed E-state index contributed by atoms with van der Waals surface area (Å²) in [6.45, 7) is 4.54. The van der Waals surface area contributed by atoms with Gasteiger partial charge in [0, 0.05) is 19.2 Å². The Labute approximate surface area is 144 Å². The number of aromatic nitrogens is 4. The van der Waals surface area contributed by atoms with E-state index in [1.165, 1.54) is 0 Å². The van der Waals surface area contributed by atoms with Crippen molar-refractivity contribution in [2.75, 3.05) is 7.11 Å². The highest BCUT2D eigenvalue weighted by Gasteiger charge is 2.17. The highest BCUT2D eigenvalue weighted by atomic mass is 16.5. The third kappa shape index (κ3) is 2.86. The number of hydrogen-bond acceptors (Lipinski definition) is 4. The molecule has 0 bridgehead atoms. The van der Waals surface area contributed by atoms with Gasteiger partial charge >= 0.3 is 5.69 Å². The van der Waals surface area contributed by atoms with E-state index in [9.17, 15) is 9.59 Å². The zero-order valence-corrected chi connectivity index (χ0v) is 14.9. The fourth-order valence-corrected chi connectivity index (χ4v) is 3.05. The van der Waals surface area contributed by atoms with Crippen LogP contribution in [0.15, 0.2) is 27.8 Å². The zero-order chi connectivity index (χ0) is 18.1. The maximum atomic E-state index is 12.3. The second-order valence-electron chi connectivity index (χ2n) is 6.12. The van der Waals surface area contributed by atoms with Gasteiger partial charge in [0.05, 0.1) is 7.11 Å². The number of unbranched alkanes of at least 4 members (excludes halogenated alkanes) is 1. The van der Waals surface area contributed by atoms with Crippen LogP contribution in [0.1, 0.15) is 25.3 Å². The van der Waals surface area contributed by atoms with Crippen molar-refractivity contribution in [1.29, 1.82) is 0 Å². The Balaban J connectivity index is 2.26. The van der Waals surface area contributed by atoms with Crippen LogP contribution >= 0.6 is 0 Å². The van der Waals surface area contributed by atoms with Gasteiger partial charge in [0.2, 0.25) is 0 Å². The van der Waals surface area contributed by atoms with Crippen molar-refractivity contribution in [3.05, 3.63) is 44.6 Å². The molecule has 7 nitrogen and oxygen atoms in total. The number of imidazole rings is 1. The van der Waals surface area contributed by atoms with Gasteiger partial charge in [-0.25, -0.2) is 9.78 Å². The molecule has 0 atom stereocenters. The van der Waals surface area contributed by atoms with Crippen LogP contribution in [0.3, 0.4) is 0 Å². The van der Waals surface area contributed by atoms with Crippen molar-refractivity contribution in [1.82, 2.24) is 19.1 Å². The van der Waals surface area contributed by atoms with Crippen molar-refractivity contribution < 1.29 is 4.74 Å². The lowest BCUT2D eigenvalue weighted by molar-refractivity contribution is 0.412. The van der Waals surface area contributed by atoms with E-state index in [1.807, 2.05) is 25.1 Å². The summed E-state index contributed by atoms with van der Waals surface area (Å²) >= 11 is 0. The molecule has 3 aromatic rings. The van der Waals surface area contributed by atoms with Gasteiger partial charge in [-0.15, -0.1) is 0 Å². The molecule has 1 N–H and O–H groups in total. The lowest BCUT2D eigenvalue weighted by Gasteiger charge is -2.07. The summed E-state index contributed by atoms with van der Waals surface area (Å²) in [5.74, 6) is 1.43. The molecular weight excluding hydrogens is 320 g/mol. The molecule has 132 valence electrons. The van der Waals surface area contributed by atoms with E-state index in [1.54, 1.807) is 23.3 Å². The maximum Gasteiger partial charge on any atom is 0.330 e. The van der Waals surface area contributed by atoms with Crippen LogP contribution in [-0.4, -0.2) is 26.2 Å². The summed E-state index contributed by atoms with van der Waals surface area (Å²) < 4.78 is 8.57. The molecule has 0 aliphatic carbocycles. The minimum absolute atomic E-state index is 0.402. The van der Waals surface area contributed by atoms with Gasteiger partial charge in [-0.2, -0.15) is 0 Å². The topological polar surface area (TPSA) is 81.9 Å². The molecule has 2 aromatic heterocycles. The van der Waals surface area contributed by atoms with Crippen LogP contribution in [0.2, 0.25) is 0 Å². The van der Waals surface area contributed by atoms with Crippen LogP contribution in [0, 0.1) is 6.92 Å². The summed E-state index contributed by atoms with van der Waals surface area (Å²) in [5, 5.41) is 0. The molecule has 0 radical (unpaired) electrons. The van der Waals surface area contributed by atoms with Gasteiger partial charge in [-0.1, -0.05) is 13.3 Å². The van der Waals surface area contributed by atoms with Crippen LogP contribution in [0.4, 0.5) is 0 Å². The molecule has 0 aliphatic rings. The van der Waals surface area contributed by atoms with E-state index >= 15 is 0 Å². The van der Waals surface area contributed by atoms with Gasteiger partial charge in [0.25, 0.3) is 5.56 Å². The van der Waals surface area contributed by atoms with Crippen LogP contribution in [-0.2, 0) is 13.6 Å². The third-order valence-corrected chi connectivity index (χ3v) is 4.40. The smallest absolute Gasteiger partial charge is 0.330 e. The molecule has 7 heteroatoms. The number of aryl methyl sites for hydroxylation is 3. The van der Waals surface area contributed by atoms with Crippen LogP contribution < -0.4 is 16.0 Å². The Hall–Kier alpha value is -2.83. The van der Waals surface area contributed by atoms with Crippen LogP contribution in [0.5, 0.6) is 5.75 Å². The fraction of sp³-hybridized carbons (Fsp3) is 0.389. The molecule has 0 aliphatic heterocycles. The van der Waals surface area contributed by atoms with Gasteiger partial charge in [0.15, 0.2) is 11.2 Å². The second-order valence-corrected chi connectivity index (χ2v) is 6.12. The van der Waals surface area contributed by atoms with Crippen molar-refractivity contribution in [2.45, 2.75) is 33.2 Å². The molecule has 1 aromatic carbocycles. The standard InChI is InChI=1S/C18H22N4O3/c1-5-6-9-22-16-14(17(23)20-18(22)24)21(3)15(19-16)12-7-8-13(25-4)11(2)10-12/h7-8,10H,5-6,9H2,1-4H3,(H,20,23,24). The molecule has 0 saturated heterocycles. The van der Waals surface area contributed by atoms with Gasteiger partial charge in [0.1, 0.15) is 11.6 Å². The van der Waals surface area contributed by atoms with E-state index in [2.05, 4.69) is 16.9 Å². The van der Waals surface area contributed by atoms with Gasteiger partial charge in [-0.05, 0) is 37.1 Å². The van der Waals surface area contributed by atoms with Crippen molar-refractivity contribution >= 4 is 11.2 Å². The Kier molecular flexibility index (Phi) is 4.48. The Bertz CT molecular complexity index is 1040. The molecule has 0 fully saturated rings. The summed E-state index contributed by atoms with van der Waals surface area (Å²) in [6, 6.07) is 5.73. The zero-order valence-electron chi connectivity index (χ0n) is 14.9. The van der Waals surface area contributed by atoms with Crippen molar-refractivity contribution in [3.63, 3.8) is 0 Å². The maximum absolute atomic E-state index is 12.3. The summed E-state index contributed by atoms with van der Waals surface area (Å²) in [5.41, 5.74) is 1.84. The average Bonchev–Trinajstić information content (AvgIpc) is 2.92. The first kappa shape index (κ1) is 17.0. The number of ether oxygens (including phenoxy) is 1. The number of nitrogens with zero attached hydrogens (tertiary/aromatic N) is 3. The van der Waals surface area contributed by atoms with Crippen molar-refractivity contribution in [3.8, 4) is 17.1 Å². The molecule has 25 heavy (non-hydrogen) atoms. The average molecular weight is 342 g/mol. The summed E-state index contributed by atoms with van der Waals surface area (Å²) in [6.07, 6.45) is 1.79. The fourth-order valence-electron chi connectivity index (χ4n) is 3.05. The predicted octanol–water partition coefficient (Wildman–Crippen LogP) is 2.21. The number of methoxy groups -OCH3 is 1. The monoisotopic (exact) mass is 342 g/mol. The van der Waals surface area contributed by atoms with E-state index in [-0.39, 0.29) is 0 Å². The number of nitrogens with one attached hydrogen (secondary N) is 1. The molecule has 0 unspecified atom stereocenters. The lowest BCUT2D eigenvalue weighted by Crippen LogP contribution is -2.31. The largest absolute Gasteiger partial charge is 0.496 e. The third-order valence-electron chi connectivity index (χ3n) is 4.40. The molecule has 2 heterocycles. The molecule has 3 rings (SSSR count). The lowest BCUT2D eigenvalue weighted by atomic mass is 10.1. The predicted molar refractivity (Wildman–Crippen MR) is 97.2 cm³/mol. The van der Waals surface area contributed by atoms with E-state index < -0.39 is 11.2 Å².